The van der Waals surface area contributed by atoms with Crippen molar-refractivity contribution in [3.63, 3.8) is 0 Å². The van der Waals surface area contributed by atoms with Crippen molar-refractivity contribution in [3.8, 4) is 6.07 Å². The Labute approximate surface area is 164 Å². The van der Waals surface area contributed by atoms with Gasteiger partial charge in [0.05, 0.1) is 16.5 Å². The molecule has 0 bridgehead atoms. The highest BCUT2D eigenvalue weighted by atomic mass is 32.2. The monoisotopic (exact) mass is 391 g/mol. The van der Waals surface area contributed by atoms with Crippen molar-refractivity contribution in [3.05, 3.63) is 52.2 Å². The van der Waals surface area contributed by atoms with Crippen LogP contribution in [0, 0.1) is 11.3 Å². The number of fused-ring (bicyclic) bond motifs is 4. The van der Waals surface area contributed by atoms with Crippen LogP contribution in [0.4, 0.5) is 5.82 Å². The number of thioether (sulfide) groups is 1. The SMILES string of the molecule is N#Cc1c(CSc2nc(N)c3c4c(sc3n2)CCCC4)cn2ccccc12. The number of nitrogens with zero attached hydrogens (tertiary/aromatic N) is 4. The first-order valence-corrected chi connectivity index (χ1v) is 10.7. The van der Waals surface area contributed by atoms with Gasteiger partial charge in [0, 0.05) is 23.0 Å². The molecule has 0 aromatic carbocycles. The Bertz CT molecular complexity index is 1210. The molecule has 134 valence electrons. The summed E-state index contributed by atoms with van der Waals surface area (Å²) in [4.78, 5) is 11.7. The zero-order chi connectivity index (χ0) is 18.4. The van der Waals surface area contributed by atoms with Gasteiger partial charge in [0.1, 0.15) is 16.7 Å². The summed E-state index contributed by atoms with van der Waals surface area (Å²) in [7, 11) is 0. The lowest BCUT2D eigenvalue weighted by molar-refractivity contribution is 0.700. The molecule has 0 unspecified atom stereocenters. The van der Waals surface area contributed by atoms with Crippen LogP contribution in [0.2, 0.25) is 0 Å². The standard InChI is InChI=1S/C20H17N5S2/c21-9-14-12(10-25-8-4-3-6-15(14)25)11-26-20-23-18(22)17-13-5-1-2-7-16(13)27-19(17)24-20/h3-4,6,8,10H,1-2,5,7,11H2,(H2,22,23,24). The first-order chi connectivity index (χ1) is 13.2. The Morgan fingerprint density at radius 2 is 2.15 bits per heavy atom. The van der Waals surface area contributed by atoms with E-state index in [4.69, 9.17) is 10.7 Å². The molecule has 27 heavy (non-hydrogen) atoms. The lowest BCUT2D eigenvalue weighted by atomic mass is 9.97. The minimum Gasteiger partial charge on any atom is -0.383 e. The molecule has 0 radical (unpaired) electrons. The number of nitrogen functional groups attached to an aromatic ring is 1. The molecule has 0 fully saturated rings. The first kappa shape index (κ1) is 16.6. The third kappa shape index (κ3) is 2.76. The smallest absolute Gasteiger partial charge is 0.191 e. The molecule has 4 aromatic heterocycles. The van der Waals surface area contributed by atoms with Gasteiger partial charge in [-0.1, -0.05) is 17.8 Å². The van der Waals surface area contributed by atoms with E-state index in [1.54, 1.807) is 11.3 Å². The molecule has 0 atom stereocenters. The number of aromatic nitrogens is 3. The second kappa shape index (κ2) is 6.55. The molecule has 5 nitrogen and oxygen atoms in total. The van der Waals surface area contributed by atoms with Crippen LogP contribution >= 0.6 is 23.1 Å². The third-order valence-electron chi connectivity index (χ3n) is 5.05. The molecule has 5 rings (SSSR count). The van der Waals surface area contributed by atoms with Crippen LogP contribution < -0.4 is 5.73 Å². The maximum atomic E-state index is 9.56. The third-order valence-corrected chi connectivity index (χ3v) is 7.13. The lowest BCUT2D eigenvalue weighted by Gasteiger charge is -2.10. The number of rotatable bonds is 3. The number of aryl methyl sites for hydroxylation is 2. The quantitative estimate of drug-likeness (QED) is 0.409. The van der Waals surface area contributed by atoms with Crippen LogP contribution in [0.1, 0.15) is 34.4 Å². The molecule has 4 aromatic rings. The van der Waals surface area contributed by atoms with Crippen LogP contribution in [0.5, 0.6) is 0 Å². The Hall–Kier alpha value is -2.56. The van der Waals surface area contributed by atoms with Crippen molar-refractivity contribution in [2.75, 3.05) is 5.73 Å². The van der Waals surface area contributed by atoms with E-state index in [2.05, 4.69) is 11.1 Å². The molecule has 0 saturated carbocycles. The number of nitrogens with two attached hydrogens (primary N) is 1. The molecular formula is C20H17N5S2. The lowest BCUT2D eigenvalue weighted by Crippen LogP contribution is -2.01. The summed E-state index contributed by atoms with van der Waals surface area (Å²) in [5, 5.41) is 11.3. The van der Waals surface area contributed by atoms with E-state index in [0.29, 0.717) is 22.3 Å². The van der Waals surface area contributed by atoms with Crippen LogP contribution in [0.25, 0.3) is 15.7 Å². The molecule has 0 aliphatic heterocycles. The van der Waals surface area contributed by atoms with Gasteiger partial charge in [-0.3, -0.25) is 0 Å². The molecule has 7 heteroatoms. The van der Waals surface area contributed by atoms with Crippen LogP contribution in [-0.2, 0) is 18.6 Å². The molecule has 1 aliphatic rings. The summed E-state index contributed by atoms with van der Waals surface area (Å²) in [6.07, 6.45) is 8.63. The van der Waals surface area contributed by atoms with Gasteiger partial charge in [0.25, 0.3) is 0 Å². The van der Waals surface area contributed by atoms with Gasteiger partial charge in [-0.25, -0.2) is 9.97 Å². The van der Waals surface area contributed by atoms with E-state index in [9.17, 15) is 5.26 Å². The minimum absolute atomic E-state index is 0.587. The minimum atomic E-state index is 0.587. The van der Waals surface area contributed by atoms with E-state index in [0.717, 1.165) is 34.1 Å². The number of hydrogen-bond donors (Lipinski definition) is 1. The highest BCUT2D eigenvalue weighted by molar-refractivity contribution is 7.98. The average molecular weight is 392 g/mol. The highest BCUT2D eigenvalue weighted by Crippen LogP contribution is 2.39. The normalized spacial score (nSPS) is 13.7. The molecular weight excluding hydrogens is 374 g/mol. The summed E-state index contributed by atoms with van der Waals surface area (Å²) in [6.45, 7) is 0. The zero-order valence-electron chi connectivity index (χ0n) is 14.6. The summed E-state index contributed by atoms with van der Waals surface area (Å²) < 4.78 is 1.99. The first-order valence-electron chi connectivity index (χ1n) is 8.94. The molecule has 0 spiro atoms. The van der Waals surface area contributed by atoms with Crippen molar-refractivity contribution < 1.29 is 0 Å². The Kier molecular flexibility index (Phi) is 4.03. The van der Waals surface area contributed by atoms with Gasteiger partial charge in [-0.05, 0) is 48.9 Å². The van der Waals surface area contributed by atoms with Crippen molar-refractivity contribution >= 4 is 44.6 Å². The number of hydrogen-bond acceptors (Lipinski definition) is 6. The molecule has 0 amide bonds. The number of pyridine rings is 1. The number of thiophene rings is 1. The van der Waals surface area contributed by atoms with E-state index < -0.39 is 0 Å². The predicted molar refractivity (Wildman–Crippen MR) is 110 cm³/mol. The fourth-order valence-corrected chi connectivity index (χ4v) is 5.94. The second-order valence-corrected chi connectivity index (χ2v) is 8.73. The van der Waals surface area contributed by atoms with Crippen LogP contribution in [0.3, 0.4) is 0 Å². The van der Waals surface area contributed by atoms with Crippen molar-refractivity contribution in [2.24, 2.45) is 0 Å². The summed E-state index contributed by atoms with van der Waals surface area (Å²) in [5.74, 6) is 1.23. The number of anilines is 1. The van der Waals surface area contributed by atoms with Gasteiger partial charge < -0.3 is 10.1 Å². The maximum Gasteiger partial charge on any atom is 0.191 e. The summed E-state index contributed by atoms with van der Waals surface area (Å²) in [6, 6.07) is 8.20. The molecule has 0 saturated heterocycles. The average Bonchev–Trinajstić information content (AvgIpc) is 3.23. The van der Waals surface area contributed by atoms with Gasteiger partial charge in [0.15, 0.2) is 5.16 Å². The largest absolute Gasteiger partial charge is 0.383 e. The second-order valence-electron chi connectivity index (χ2n) is 6.71. The van der Waals surface area contributed by atoms with E-state index in [-0.39, 0.29) is 0 Å². The molecule has 1 aliphatic carbocycles. The van der Waals surface area contributed by atoms with Gasteiger partial charge in [-0.15, -0.1) is 11.3 Å². The topological polar surface area (TPSA) is 80.0 Å². The highest BCUT2D eigenvalue weighted by Gasteiger charge is 2.20. The van der Waals surface area contributed by atoms with E-state index in [1.807, 2.05) is 35.0 Å². The molecule has 4 heterocycles. The Morgan fingerprint density at radius 3 is 3.04 bits per heavy atom. The van der Waals surface area contributed by atoms with E-state index >= 15 is 0 Å². The predicted octanol–water partition coefficient (Wildman–Crippen LogP) is 4.57. The fraction of sp³-hybridized carbons (Fsp3) is 0.250. The Morgan fingerprint density at radius 1 is 1.26 bits per heavy atom. The molecule has 2 N–H and O–H groups in total. The van der Waals surface area contributed by atoms with Crippen molar-refractivity contribution in [1.82, 2.24) is 14.4 Å². The van der Waals surface area contributed by atoms with Crippen LogP contribution in [0.15, 0.2) is 35.7 Å². The maximum absolute atomic E-state index is 9.56. The summed E-state index contributed by atoms with van der Waals surface area (Å²) >= 11 is 3.29. The Balaban J connectivity index is 1.48. The van der Waals surface area contributed by atoms with Crippen molar-refractivity contribution in [2.45, 2.75) is 36.6 Å². The van der Waals surface area contributed by atoms with Crippen LogP contribution in [-0.4, -0.2) is 14.4 Å². The van der Waals surface area contributed by atoms with Gasteiger partial charge in [0.2, 0.25) is 0 Å². The van der Waals surface area contributed by atoms with Gasteiger partial charge in [-0.2, -0.15) is 5.26 Å². The van der Waals surface area contributed by atoms with Gasteiger partial charge >= 0.3 is 0 Å². The fourth-order valence-electron chi connectivity index (χ4n) is 3.79. The van der Waals surface area contributed by atoms with E-state index in [1.165, 1.54) is 35.0 Å². The zero-order valence-corrected chi connectivity index (χ0v) is 16.2. The summed E-state index contributed by atoms with van der Waals surface area (Å²) in [5.41, 5.74) is 10.3. The number of nitriles is 1. The van der Waals surface area contributed by atoms with Crippen molar-refractivity contribution in [1.29, 1.82) is 5.26 Å².